The molecule has 0 spiro atoms. The number of amides is 1. The molecule has 0 aliphatic carbocycles. The largest absolute Gasteiger partial charge is 0.337 e. The SMILES string of the molecule is CC1CN2CCCC2CN1C(=O)CCC1CCNC1.Cl.Cl. The number of fused-ring (bicyclic) bond motifs is 1. The van der Waals surface area contributed by atoms with Crippen molar-refractivity contribution in [3.8, 4) is 0 Å². The zero-order valence-corrected chi connectivity index (χ0v) is 14.6. The first-order valence-corrected chi connectivity index (χ1v) is 7.98. The van der Waals surface area contributed by atoms with Crippen LogP contribution in [0.3, 0.4) is 0 Å². The van der Waals surface area contributed by atoms with E-state index >= 15 is 0 Å². The maximum Gasteiger partial charge on any atom is 0.222 e. The summed E-state index contributed by atoms with van der Waals surface area (Å²) in [5.74, 6) is 1.12. The van der Waals surface area contributed by atoms with E-state index in [1.54, 1.807) is 0 Å². The fraction of sp³-hybridized carbons (Fsp3) is 0.933. The van der Waals surface area contributed by atoms with Crippen molar-refractivity contribution in [2.75, 3.05) is 32.7 Å². The van der Waals surface area contributed by atoms with Crippen LogP contribution in [-0.2, 0) is 4.79 Å². The van der Waals surface area contributed by atoms with Crippen molar-refractivity contribution in [1.29, 1.82) is 0 Å². The van der Waals surface area contributed by atoms with E-state index in [0.717, 1.165) is 44.9 Å². The molecule has 3 heterocycles. The van der Waals surface area contributed by atoms with Crippen LogP contribution in [0.25, 0.3) is 0 Å². The molecule has 4 nitrogen and oxygen atoms in total. The Morgan fingerprint density at radius 2 is 2.05 bits per heavy atom. The van der Waals surface area contributed by atoms with Crippen LogP contribution in [0.15, 0.2) is 0 Å². The van der Waals surface area contributed by atoms with Gasteiger partial charge in [0.2, 0.25) is 5.91 Å². The second-order valence-corrected chi connectivity index (χ2v) is 6.58. The average molecular weight is 338 g/mol. The summed E-state index contributed by atoms with van der Waals surface area (Å²) in [4.78, 5) is 17.2. The van der Waals surface area contributed by atoms with E-state index in [1.807, 2.05) is 0 Å². The molecular weight excluding hydrogens is 309 g/mol. The van der Waals surface area contributed by atoms with E-state index in [1.165, 1.54) is 25.8 Å². The van der Waals surface area contributed by atoms with Gasteiger partial charge in [0.15, 0.2) is 0 Å². The van der Waals surface area contributed by atoms with E-state index in [2.05, 4.69) is 22.0 Å². The lowest BCUT2D eigenvalue weighted by atomic mass is 10.0. The van der Waals surface area contributed by atoms with Crippen molar-refractivity contribution in [2.45, 2.75) is 51.1 Å². The summed E-state index contributed by atoms with van der Waals surface area (Å²) in [6.07, 6.45) is 5.67. The molecule has 0 saturated carbocycles. The minimum atomic E-state index is 0. The van der Waals surface area contributed by atoms with Crippen LogP contribution >= 0.6 is 24.8 Å². The molecule has 21 heavy (non-hydrogen) atoms. The molecule has 0 radical (unpaired) electrons. The number of rotatable bonds is 3. The zero-order valence-electron chi connectivity index (χ0n) is 12.9. The van der Waals surface area contributed by atoms with Gasteiger partial charge < -0.3 is 10.2 Å². The first-order chi connectivity index (χ1) is 9.24. The molecule has 3 fully saturated rings. The van der Waals surface area contributed by atoms with Gasteiger partial charge in [-0.1, -0.05) is 0 Å². The van der Waals surface area contributed by atoms with Crippen LogP contribution in [0.2, 0.25) is 0 Å². The van der Waals surface area contributed by atoms with E-state index in [9.17, 15) is 4.79 Å². The molecule has 1 N–H and O–H groups in total. The van der Waals surface area contributed by atoms with Crippen LogP contribution < -0.4 is 5.32 Å². The third kappa shape index (κ3) is 4.47. The standard InChI is InChI=1S/C15H27N3O.2ClH/c1-12-10-17-8-2-3-14(17)11-18(12)15(19)5-4-13-6-7-16-9-13;;/h12-14,16H,2-11H2,1H3;2*1H. The lowest BCUT2D eigenvalue weighted by Gasteiger charge is -2.42. The summed E-state index contributed by atoms with van der Waals surface area (Å²) < 4.78 is 0. The number of nitrogens with one attached hydrogen (secondary N) is 1. The Bertz CT molecular complexity index is 337. The van der Waals surface area contributed by atoms with Gasteiger partial charge in [0.1, 0.15) is 0 Å². The minimum Gasteiger partial charge on any atom is -0.337 e. The van der Waals surface area contributed by atoms with E-state index < -0.39 is 0 Å². The Kier molecular flexibility index (Phi) is 7.75. The first-order valence-electron chi connectivity index (χ1n) is 7.98. The Labute approximate surface area is 140 Å². The van der Waals surface area contributed by atoms with E-state index in [-0.39, 0.29) is 24.8 Å². The van der Waals surface area contributed by atoms with Crippen molar-refractivity contribution in [2.24, 2.45) is 5.92 Å². The van der Waals surface area contributed by atoms with Crippen molar-refractivity contribution in [3.05, 3.63) is 0 Å². The second kappa shape index (κ2) is 8.56. The maximum atomic E-state index is 12.4. The molecule has 1 amide bonds. The fourth-order valence-corrected chi connectivity index (χ4v) is 3.97. The topological polar surface area (TPSA) is 35.6 Å². The van der Waals surface area contributed by atoms with Crippen molar-refractivity contribution in [3.63, 3.8) is 0 Å². The van der Waals surface area contributed by atoms with Crippen molar-refractivity contribution in [1.82, 2.24) is 15.1 Å². The summed E-state index contributed by atoms with van der Waals surface area (Å²) in [5.41, 5.74) is 0. The first kappa shape index (κ1) is 19.0. The predicted octanol–water partition coefficient (Wildman–Crippen LogP) is 1.91. The van der Waals surface area contributed by atoms with Gasteiger partial charge in [0.05, 0.1) is 0 Å². The predicted molar refractivity (Wildman–Crippen MR) is 90.5 cm³/mol. The summed E-state index contributed by atoms with van der Waals surface area (Å²) in [7, 11) is 0. The Morgan fingerprint density at radius 3 is 2.76 bits per heavy atom. The van der Waals surface area contributed by atoms with Crippen molar-refractivity contribution >= 4 is 30.7 Å². The number of carbonyl (C=O) groups excluding carboxylic acids is 1. The maximum absolute atomic E-state index is 12.4. The highest BCUT2D eigenvalue weighted by Crippen LogP contribution is 2.25. The van der Waals surface area contributed by atoms with E-state index in [0.29, 0.717) is 18.0 Å². The van der Waals surface area contributed by atoms with Gasteiger partial charge in [-0.15, -0.1) is 24.8 Å². The molecule has 0 aromatic carbocycles. The lowest BCUT2D eigenvalue weighted by molar-refractivity contribution is -0.137. The highest BCUT2D eigenvalue weighted by Gasteiger charge is 2.36. The fourth-order valence-electron chi connectivity index (χ4n) is 3.97. The summed E-state index contributed by atoms with van der Waals surface area (Å²) in [6, 6.07) is 1.05. The summed E-state index contributed by atoms with van der Waals surface area (Å²) in [6.45, 7) is 7.76. The van der Waals surface area contributed by atoms with Gasteiger partial charge in [0, 0.05) is 31.6 Å². The van der Waals surface area contributed by atoms with Crippen LogP contribution in [0, 0.1) is 5.92 Å². The van der Waals surface area contributed by atoms with Gasteiger partial charge in [0.25, 0.3) is 0 Å². The number of piperazine rings is 1. The monoisotopic (exact) mass is 337 g/mol. The molecule has 6 heteroatoms. The molecule has 3 aliphatic heterocycles. The number of halogens is 2. The summed E-state index contributed by atoms with van der Waals surface area (Å²) >= 11 is 0. The normalized spacial score (nSPS) is 32.2. The molecule has 3 aliphatic rings. The minimum absolute atomic E-state index is 0. The number of carbonyl (C=O) groups is 1. The van der Waals surface area contributed by atoms with Gasteiger partial charge >= 0.3 is 0 Å². The van der Waals surface area contributed by atoms with Crippen LogP contribution in [0.1, 0.15) is 39.0 Å². The smallest absolute Gasteiger partial charge is 0.222 e. The quantitative estimate of drug-likeness (QED) is 0.854. The molecule has 3 unspecified atom stereocenters. The van der Waals surface area contributed by atoms with Gasteiger partial charge in [-0.05, 0) is 58.2 Å². The molecular formula is C15H29Cl2N3O. The third-order valence-corrected chi connectivity index (χ3v) is 5.19. The Morgan fingerprint density at radius 1 is 1.24 bits per heavy atom. The molecule has 0 aromatic heterocycles. The molecule has 3 rings (SSSR count). The Balaban J connectivity index is 0.00000110. The molecule has 124 valence electrons. The lowest BCUT2D eigenvalue weighted by Crippen LogP contribution is -2.56. The molecule has 3 atom stereocenters. The van der Waals surface area contributed by atoms with Gasteiger partial charge in [-0.3, -0.25) is 9.69 Å². The van der Waals surface area contributed by atoms with Crippen LogP contribution in [0.4, 0.5) is 0 Å². The third-order valence-electron chi connectivity index (χ3n) is 5.19. The second-order valence-electron chi connectivity index (χ2n) is 6.58. The summed E-state index contributed by atoms with van der Waals surface area (Å²) in [5, 5.41) is 3.38. The highest BCUT2D eigenvalue weighted by atomic mass is 35.5. The van der Waals surface area contributed by atoms with Crippen LogP contribution in [-0.4, -0.2) is 60.5 Å². The Hall–Kier alpha value is -0.0300. The van der Waals surface area contributed by atoms with Gasteiger partial charge in [-0.25, -0.2) is 0 Å². The zero-order chi connectivity index (χ0) is 13.2. The molecule has 0 aromatic rings. The van der Waals surface area contributed by atoms with Crippen molar-refractivity contribution < 1.29 is 4.79 Å². The molecule has 3 saturated heterocycles. The number of hydrogen-bond acceptors (Lipinski definition) is 3. The van der Waals surface area contributed by atoms with Crippen LogP contribution in [0.5, 0.6) is 0 Å². The average Bonchev–Trinajstić information content (AvgIpc) is 3.05. The van der Waals surface area contributed by atoms with Gasteiger partial charge in [-0.2, -0.15) is 0 Å². The number of nitrogens with zero attached hydrogens (tertiary/aromatic N) is 2. The number of hydrogen-bond donors (Lipinski definition) is 1. The highest BCUT2D eigenvalue weighted by molar-refractivity contribution is 5.85. The van der Waals surface area contributed by atoms with E-state index in [4.69, 9.17) is 0 Å². The molecule has 0 bridgehead atoms.